The van der Waals surface area contributed by atoms with Gasteiger partial charge in [-0.15, -0.1) is 0 Å². The second-order valence-corrected chi connectivity index (χ2v) is 4.80. The van der Waals surface area contributed by atoms with Crippen molar-refractivity contribution in [1.29, 1.82) is 0 Å². The molecule has 0 spiro atoms. The number of ether oxygens (including phenoxy) is 1. The Balaban J connectivity index is 2.29. The van der Waals surface area contributed by atoms with Crippen molar-refractivity contribution in [3.8, 4) is 0 Å². The molecule has 0 aromatic carbocycles. The molecule has 2 fully saturated rings. The molecule has 0 aromatic rings. The van der Waals surface area contributed by atoms with Crippen LogP contribution in [0.25, 0.3) is 0 Å². The number of amides is 2. The summed E-state index contributed by atoms with van der Waals surface area (Å²) in [6.45, 7) is 5.36. The van der Waals surface area contributed by atoms with Gasteiger partial charge in [-0.2, -0.15) is 0 Å². The first kappa shape index (κ1) is 13.1. The summed E-state index contributed by atoms with van der Waals surface area (Å²) in [4.78, 5) is 25.0. The average Bonchev–Trinajstić information content (AvgIpc) is 2.83. The molecular formula is C14H16NO3. The van der Waals surface area contributed by atoms with Crippen LogP contribution in [-0.2, 0) is 9.53 Å². The molecule has 95 valence electrons. The largest absolute Gasteiger partial charge is 0.441 e. The molecule has 0 N–H and O–H groups in total. The first-order chi connectivity index (χ1) is 8.47. The van der Waals surface area contributed by atoms with Crippen LogP contribution in [0.3, 0.4) is 0 Å². The quantitative estimate of drug-likeness (QED) is 0.701. The number of carbonyl (C=O) groups excluding carboxylic acids is 2. The first-order valence-electron chi connectivity index (χ1n) is 5.88. The van der Waals surface area contributed by atoms with Gasteiger partial charge in [-0.3, -0.25) is 4.79 Å². The number of cyclic esters (lactones) is 1. The van der Waals surface area contributed by atoms with Crippen molar-refractivity contribution in [2.45, 2.75) is 32.4 Å². The van der Waals surface area contributed by atoms with Crippen LogP contribution in [0.2, 0.25) is 0 Å². The number of hydrogen-bond acceptors (Lipinski definition) is 3. The minimum atomic E-state index is -0.720. The fourth-order valence-corrected chi connectivity index (χ4v) is 2.31. The molecule has 0 aromatic heterocycles. The summed E-state index contributed by atoms with van der Waals surface area (Å²) in [6.07, 6.45) is 9.95. The van der Waals surface area contributed by atoms with Crippen LogP contribution >= 0.6 is 0 Å². The Kier molecular flexibility index (Phi) is 3.46. The van der Waals surface area contributed by atoms with Gasteiger partial charge in [0.15, 0.2) is 0 Å². The molecule has 5 radical (unpaired) electrons. The second kappa shape index (κ2) is 4.75. The van der Waals surface area contributed by atoms with Crippen molar-refractivity contribution in [2.75, 3.05) is 0 Å². The third kappa shape index (κ3) is 2.16. The van der Waals surface area contributed by atoms with Crippen LogP contribution in [0.15, 0.2) is 12.2 Å². The second-order valence-electron chi connectivity index (χ2n) is 4.80. The van der Waals surface area contributed by atoms with Crippen LogP contribution in [0.1, 0.15) is 20.8 Å². The van der Waals surface area contributed by atoms with Crippen LogP contribution < -0.4 is 0 Å². The van der Waals surface area contributed by atoms with E-state index in [1.54, 1.807) is 13.0 Å². The van der Waals surface area contributed by atoms with E-state index in [1.165, 1.54) is 11.0 Å². The zero-order valence-corrected chi connectivity index (χ0v) is 10.7. The summed E-state index contributed by atoms with van der Waals surface area (Å²) in [5.41, 5.74) is -0.720. The van der Waals surface area contributed by atoms with Crippen molar-refractivity contribution in [1.82, 2.24) is 4.90 Å². The third-order valence-electron chi connectivity index (χ3n) is 3.01. The van der Waals surface area contributed by atoms with Crippen LogP contribution in [0.4, 0.5) is 4.79 Å². The van der Waals surface area contributed by atoms with E-state index in [0.29, 0.717) is 0 Å². The third-order valence-corrected chi connectivity index (χ3v) is 3.01. The Hall–Kier alpha value is -1.32. The molecule has 1 aliphatic carbocycles. The lowest BCUT2D eigenvalue weighted by Crippen LogP contribution is -2.47. The molecule has 1 saturated carbocycles. The molecule has 2 rings (SSSR count). The maximum absolute atomic E-state index is 12.0. The average molecular weight is 246 g/mol. The number of imide groups is 1. The molecule has 1 saturated heterocycles. The van der Waals surface area contributed by atoms with Crippen molar-refractivity contribution in [3.63, 3.8) is 0 Å². The summed E-state index contributed by atoms with van der Waals surface area (Å²) in [5.74, 6) is 0.558. The van der Waals surface area contributed by atoms with E-state index in [0.717, 1.165) is 5.92 Å². The summed E-state index contributed by atoms with van der Waals surface area (Å²) >= 11 is 0. The van der Waals surface area contributed by atoms with Gasteiger partial charge >= 0.3 is 6.09 Å². The molecule has 4 nitrogen and oxygen atoms in total. The predicted molar refractivity (Wildman–Crippen MR) is 66.5 cm³/mol. The molecule has 1 heterocycles. The lowest BCUT2D eigenvalue weighted by atomic mass is 9.85. The van der Waals surface area contributed by atoms with Crippen molar-refractivity contribution < 1.29 is 14.3 Å². The van der Waals surface area contributed by atoms with Crippen molar-refractivity contribution >= 4 is 12.0 Å². The van der Waals surface area contributed by atoms with Crippen molar-refractivity contribution in [3.05, 3.63) is 43.8 Å². The Morgan fingerprint density at radius 2 is 2.00 bits per heavy atom. The number of nitrogens with zero attached hydrogens (tertiary/aromatic N) is 1. The topological polar surface area (TPSA) is 46.6 Å². The van der Waals surface area contributed by atoms with Gasteiger partial charge < -0.3 is 4.74 Å². The molecule has 1 aliphatic heterocycles. The van der Waals surface area contributed by atoms with Crippen LogP contribution in [0, 0.1) is 31.6 Å². The summed E-state index contributed by atoms with van der Waals surface area (Å²) in [7, 11) is 0. The minimum absolute atomic E-state index is 0.348. The highest BCUT2D eigenvalue weighted by molar-refractivity contribution is 6.00. The normalized spacial score (nSPS) is 28.1. The molecule has 1 atom stereocenters. The molecule has 0 bridgehead atoms. The molecular weight excluding hydrogens is 230 g/mol. The Morgan fingerprint density at radius 1 is 1.39 bits per heavy atom. The predicted octanol–water partition coefficient (Wildman–Crippen LogP) is 2.09. The molecule has 4 heteroatoms. The number of rotatable bonds is 2. The molecule has 2 amide bonds. The van der Waals surface area contributed by atoms with Gasteiger partial charge in [-0.05, 0) is 52.5 Å². The highest BCUT2D eigenvalue weighted by atomic mass is 16.6. The molecule has 0 unspecified atom stereocenters. The number of carbonyl (C=O) groups is 2. The van der Waals surface area contributed by atoms with Gasteiger partial charge in [0.1, 0.15) is 5.60 Å². The lowest BCUT2D eigenvalue weighted by molar-refractivity contribution is -0.124. The van der Waals surface area contributed by atoms with Crippen molar-refractivity contribution in [2.24, 2.45) is 0 Å². The minimum Gasteiger partial charge on any atom is -0.441 e. The summed E-state index contributed by atoms with van der Waals surface area (Å²) in [5, 5.41) is 0. The zero-order valence-electron chi connectivity index (χ0n) is 10.7. The van der Waals surface area contributed by atoms with E-state index in [4.69, 9.17) is 4.74 Å². The van der Waals surface area contributed by atoms with Gasteiger partial charge in [0.25, 0.3) is 5.91 Å². The van der Waals surface area contributed by atoms with Gasteiger partial charge in [0, 0.05) is 5.92 Å². The zero-order chi connectivity index (χ0) is 13.3. The fraction of sp³-hybridized carbons (Fsp3) is 0.357. The number of allylic oxidation sites excluding steroid dienone is 1. The smallest absolute Gasteiger partial charge is 0.417 e. The molecule has 2 aliphatic rings. The van der Waals surface area contributed by atoms with Gasteiger partial charge in [-0.25, -0.2) is 9.69 Å². The highest BCUT2D eigenvalue weighted by Crippen LogP contribution is 2.41. The maximum atomic E-state index is 12.0. The SMILES string of the molecule is C/C=C/C(=O)N1C(=O)OC(C)(C)[C@H]1[C]1[CH][CH][CH][CH]1. The first-order valence-corrected chi connectivity index (χ1v) is 5.88. The Bertz CT molecular complexity index is 381. The fourth-order valence-electron chi connectivity index (χ4n) is 2.31. The highest BCUT2D eigenvalue weighted by Gasteiger charge is 2.54. The van der Waals surface area contributed by atoms with Gasteiger partial charge in [0.2, 0.25) is 0 Å². The van der Waals surface area contributed by atoms with E-state index < -0.39 is 11.7 Å². The standard InChI is InChI=1S/C14H16NO3/c1-4-7-11(16)15-12(10-8-5-6-9-10)14(2,3)18-13(15)17/h4-9,12H,1-3H3/b7-4+/t12-/m1/s1. The van der Waals surface area contributed by atoms with Crippen LogP contribution in [0.5, 0.6) is 0 Å². The molecule has 18 heavy (non-hydrogen) atoms. The summed E-state index contributed by atoms with van der Waals surface area (Å²) in [6, 6.07) is -0.385. The maximum Gasteiger partial charge on any atom is 0.417 e. The van der Waals surface area contributed by atoms with Crippen LogP contribution in [-0.4, -0.2) is 28.5 Å². The Morgan fingerprint density at radius 3 is 2.56 bits per heavy atom. The Labute approximate surface area is 108 Å². The summed E-state index contributed by atoms with van der Waals surface area (Å²) < 4.78 is 5.30. The monoisotopic (exact) mass is 246 g/mol. The van der Waals surface area contributed by atoms with E-state index in [1.807, 2.05) is 39.5 Å². The van der Waals surface area contributed by atoms with E-state index in [9.17, 15) is 9.59 Å². The van der Waals surface area contributed by atoms with Gasteiger partial charge in [0.05, 0.1) is 6.04 Å². The van der Waals surface area contributed by atoms with E-state index in [-0.39, 0.29) is 11.9 Å². The van der Waals surface area contributed by atoms with Gasteiger partial charge in [-0.1, -0.05) is 6.08 Å². The van der Waals surface area contributed by atoms with E-state index >= 15 is 0 Å². The van der Waals surface area contributed by atoms with E-state index in [2.05, 4.69) is 0 Å². The number of hydrogen-bond donors (Lipinski definition) is 0. The lowest BCUT2D eigenvalue weighted by Gasteiger charge is -2.31.